The Hall–Kier alpha value is -4.10. The van der Waals surface area contributed by atoms with Crippen LogP contribution < -0.4 is 26.8 Å². The molecule has 6 N–H and O–H groups in total. The third-order valence-corrected chi connectivity index (χ3v) is 5.57. The van der Waals surface area contributed by atoms with Crippen molar-refractivity contribution in [1.82, 2.24) is 30.6 Å². The van der Waals surface area contributed by atoms with Gasteiger partial charge in [0.05, 0.1) is 24.9 Å². The summed E-state index contributed by atoms with van der Waals surface area (Å²) in [5.74, 6) is -3.15. The van der Waals surface area contributed by atoms with Crippen molar-refractivity contribution in [3.63, 3.8) is 0 Å². The third kappa shape index (κ3) is 8.78. The maximum atomic E-state index is 14.3. The van der Waals surface area contributed by atoms with E-state index in [1.165, 1.54) is 36.1 Å². The zero-order valence-corrected chi connectivity index (χ0v) is 21.1. The summed E-state index contributed by atoms with van der Waals surface area (Å²) in [7, 11) is 1.46. The lowest BCUT2D eigenvalue weighted by molar-refractivity contribution is -0.134. The number of aromatic nitrogens is 4. The lowest BCUT2D eigenvalue weighted by Gasteiger charge is -2.34. The van der Waals surface area contributed by atoms with Gasteiger partial charge in [-0.05, 0) is 31.9 Å². The molecule has 14 heteroatoms. The molecule has 1 atom stereocenters. The Bertz CT molecular complexity index is 1210. The van der Waals surface area contributed by atoms with Gasteiger partial charge in [-0.2, -0.15) is 0 Å². The molecule has 3 rings (SSSR count). The van der Waals surface area contributed by atoms with Crippen LogP contribution >= 0.6 is 0 Å². The molecule has 2 aromatic rings. The normalized spacial score (nSPS) is 16.4. The molecular formula is C24H31F3N8O3. The van der Waals surface area contributed by atoms with Gasteiger partial charge in [-0.3, -0.25) is 14.6 Å². The topological polar surface area (TPSA) is 163 Å². The van der Waals surface area contributed by atoms with Gasteiger partial charge in [-0.1, -0.05) is 5.21 Å². The van der Waals surface area contributed by atoms with Gasteiger partial charge in [-0.15, -0.1) is 5.10 Å². The summed E-state index contributed by atoms with van der Waals surface area (Å²) in [6, 6.07) is 3.16. The minimum Gasteiger partial charge on any atom is -0.490 e. The van der Waals surface area contributed by atoms with Gasteiger partial charge in [0, 0.05) is 43.4 Å². The molecule has 2 heterocycles. The van der Waals surface area contributed by atoms with Crippen molar-refractivity contribution in [2.45, 2.75) is 63.8 Å². The van der Waals surface area contributed by atoms with E-state index < -0.39 is 30.0 Å². The number of aryl methyl sites for hydroxylation is 1. The number of halogens is 3. The van der Waals surface area contributed by atoms with Gasteiger partial charge in [0.1, 0.15) is 23.8 Å². The average molecular weight is 537 g/mol. The summed E-state index contributed by atoms with van der Waals surface area (Å²) in [6.07, 6.45) is 1.89. The fourth-order valence-electron chi connectivity index (χ4n) is 3.67. The Morgan fingerprint density at radius 2 is 2.03 bits per heavy atom. The standard InChI is InChI=1S/C24H31F3N8O3/c1-14-7-18(38-19-10-24(26,27)11-19)8-17(31-14)9-22(36)32-21(29)6-5-16(28)4-3-15(25)12-35-13-20(33-34-35)23(37)30-2/h5-8,13,15,19H,3-4,9-12,28-29H2,1-2H3,(H,30,37)(H,32,36)/b16-5-,21-6+. The van der Waals surface area contributed by atoms with Gasteiger partial charge >= 0.3 is 0 Å². The third-order valence-electron chi connectivity index (χ3n) is 5.57. The van der Waals surface area contributed by atoms with E-state index in [4.69, 9.17) is 16.2 Å². The van der Waals surface area contributed by atoms with Crippen molar-refractivity contribution in [1.29, 1.82) is 0 Å². The van der Waals surface area contributed by atoms with Crippen LogP contribution in [-0.2, 0) is 17.8 Å². The molecule has 0 spiro atoms. The molecular weight excluding hydrogens is 505 g/mol. The predicted octanol–water partition coefficient (Wildman–Crippen LogP) is 1.64. The Balaban J connectivity index is 1.44. The smallest absolute Gasteiger partial charge is 0.273 e. The van der Waals surface area contributed by atoms with Gasteiger partial charge in [-0.25, -0.2) is 17.9 Å². The zero-order valence-electron chi connectivity index (χ0n) is 21.1. The number of pyridine rings is 1. The number of amides is 2. The second-order valence-corrected chi connectivity index (χ2v) is 9.07. The summed E-state index contributed by atoms with van der Waals surface area (Å²) < 4.78 is 47.2. The Morgan fingerprint density at radius 1 is 1.29 bits per heavy atom. The molecule has 2 aromatic heterocycles. The Morgan fingerprint density at radius 3 is 2.71 bits per heavy atom. The first kappa shape index (κ1) is 28.5. The molecule has 206 valence electrons. The van der Waals surface area contributed by atoms with Crippen molar-refractivity contribution in [3.05, 3.63) is 59.1 Å². The molecule has 1 unspecified atom stereocenters. The number of rotatable bonds is 12. The molecule has 1 aliphatic carbocycles. The molecule has 1 fully saturated rings. The lowest BCUT2D eigenvalue weighted by atomic mass is 9.91. The second kappa shape index (κ2) is 12.4. The monoisotopic (exact) mass is 536 g/mol. The number of alkyl halides is 3. The van der Waals surface area contributed by atoms with Crippen LogP contribution in [-0.4, -0.2) is 57.0 Å². The molecule has 1 saturated carbocycles. The van der Waals surface area contributed by atoms with Crippen LogP contribution in [0.5, 0.6) is 5.75 Å². The summed E-state index contributed by atoms with van der Waals surface area (Å²) in [5, 5.41) is 12.3. The number of hydrogen-bond acceptors (Lipinski definition) is 8. The number of allylic oxidation sites excluding steroid dienone is 3. The Labute approximate surface area is 217 Å². The number of carbonyl (C=O) groups is 2. The van der Waals surface area contributed by atoms with Crippen LogP contribution in [0.15, 0.2) is 42.0 Å². The highest BCUT2D eigenvalue weighted by Gasteiger charge is 2.47. The summed E-state index contributed by atoms with van der Waals surface area (Å²) in [4.78, 5) is 28.1. The van der Waals surface area contributed by atoms with Crippen LogP contribution in [0.4, 0.5) is 13.2 Å². The predicted molar refractivity (Wildman–Crippen MR) is 132 cm³/mol. The van der Waals surface area contributed by atoms with Crippen molar-refractivity contribution in [2.75, 3.05) is 7.05 Å². The molecule has 11 nitrogen and oxygen atoms in total. The second-order valence-electron chi connectivity index (χ2n) is 9.07. The lowest BCUT2D eigenvalue weighted by Crippen LogP contribution is -2.43. The van der Waals surface area contributed by atoms with Crippen molar-refractivity contribution in [2.24, 2.45) is 11.5 Å². The molecule has 0 radical (unpaired) electrons. The molecule has 0 aliphatic heterocycles. The first-order chi connectivity index (χ1) is 17.9. The zero-order chi connectivity index (χ0) is 27.9. The number of nitrogens with one attached hydrogen (secondary N) is 2. The SMILES string of the molecule is CNC(=O)c1cn(CC(F)CC/C(N)=C/C=C(\N)NC(=O)Cc2cc(OC3CC(F)(F)C3)cc(C)n2)nn1. The van der Waals surface area contributed by atoms with Crippen molar-refractivity contribution < 1.29 is 27.5 Å². The van der Waals surface area contributed by atoms with Crippen molar-refractivity contribution in [3.8, 4) is 5.75 Å². The highest BCUT2D eigenvalue weighted by molar-refractivity contribution is 5.91. The molecule has 38 heavy (non-hydrogen) atoms. The Kier molecular flexibility index (Phi) is 9.31. The molecule has 2 amide bonds. The number of carbonyl (C=O) groups excluding carboxylic acids is 2. The summed E-state index contributed by atoms with van der Waals surface area (Å²) >= 11 is 0. The van der Waals surface area contributed by atoms with E-state index in [-0.39, 0.29) is 50.2 Å². The number of nitrogens with zero attached hydrogens (tertiary/aromatic N) is 4. The van der Waals surface area contributed by atoms with Crippen LogP contribution in [0.2, 0.25) is 0 Å². The highest BCUT2D eigenvalue weighted by Crippen LogP contribution is 2.39. The van der Waals surface area contributed by atoms with E-state index in [1.54, 1.807) is 13.0 Å². The first-order valence-electron chi connectivity index (χ1n) is 11.9. The van der Waals surface area contributed by atoms with Crippen molar-refractivity contribution >= 4 is 11.8 Å². The van der Waals surface area contributed by atoms with Gasteiger partial charge < -0.3 is 26.8 Å². The number of nitrogens with two attached hydrogens (primary N) is 2. The molecule has 0 aromatic carbocycles. The molecule has 0 saturated heterocycles. The van der Waals surface area contributed by atoms with Crippen LogP contribution in [0, 0.1) is 6.92 Å². The first-order valence-corrected chi connectivity index (χ1v) is 11.9. The largest absolute Gasteiger partial charge is 0.490 e. The highest BCUT2D eigenvalue weighted by atomic mass is 19.3. The maximum Gasteiger partial charge on any atom is 0.273 e. The fraction of sp³-hybridized carbons (Fsp3) is 0.458. The number of hydrogen-bond donors (Lipinski definition) is 4. The number of ether oxygens (including phenoxy) is 1. The minimum atomic E-state index is -2.69. The summed E-state index contributed by atoms with van der Waals surface area (Å²) in [6.45, 7) is 1.62. The van der Waals surface area contributed by atoms with E-state index >= 15 is 0 Å². The van der Waals surface area contributed by atoms with Gasteiger partial charge in [0.25, 0.3) is 11.8 Å². The minimum absolute atomic E-state index is 0.0277. The van der Waals surface area contributed by atoms with Gasteiger partial charge in [0.15, 0.2) is 5.69 Å². The quantitative estimate of drug-likeness (QED) is 0.298. The molecule has 0 bridgehead atoms. The van der Waals surface area contributed by atoms with Gasteiger partial charge in [0.2, 0.25) is 5.91 Å². The van der Waals surface area contributed by atoms with Crippen LogP contribution in [0.25, 0.3) is 0 Å². The van der Waals surface area contributed by atoms with E-state index in [2.05, 4.69) is 25.9 Å². The van der Waals surface area contributed by atoms with Crippen LogP contribution in [0.3, 0.4) is 0 Å². The fourth-order valence-corrected chi connectivity index (χ4v) is 3.67. The molecule has 1 aliphatic rings. The van der Waals surface area contributed by atoms with Crippen LogP contribution in [0.1, 0.15) is 47.6 Å². The average Bonchev–Trinajstić information content (AvgIpc) is 3.27. The maximum absolute atomic E-state index is 14.3. The van der Waals surface area contributed by atoms with E-state index in [1.807, 2.05) is 0 Å². The van der Waals surface area contributed by atoms with E-state index in [0.717, 1.165) is 0 Å². The van der Waals surface area contributed by atoms with E-state index in [0.29, 0.717) is 22.8 Å². The van der Waals surface area contributed by atoms with E-state index in [9.17, 15) is 22.8 Å². The summed E-state index contributed by atoms with van der Waals surface area (Å²) in [5.41, 5.74) is 13.2.